The molecule has 6 heteroatoms. The fourth-order valence-corrected chi connectivity index (χ4v) is 3.93. The summed E-state index contributed by atoms with van der Waals surface area (Å²) in [5.74, 6) is 0. The van der Waals surface area contributed by atoms with Crippen LogP contribution in [0.4, 0.5) is 0 Å². The van der Waals surface area contributed by atoms with Gasteiger partial charge in [-0.1, -0.05) is 91.5 Å². The third kappa shape index (κ3) is 3.72. The second-order valence-electron chi connectivity index (χ2n) is 5.89. The molecule has 0 saturated heterocycles. The van der Waals surface area contributed by atoms with Crippen molar-refractivity contribution in [2.75, 3.05) is 0 Å². The minimum atomic E-state index is 0.583. The standard InChI is InChI=1S/C21H12Br2Cl2N2/c22-15-9-5-13(6-10-15)20-19(25)21(14-7-11-16(23)12-8-14)27(26-20)18-4-2-1-3-17(18)24/h1-12H. The molecule has 0 aliphatic heterocycles. The first-order chi connectivity index (χ1) is 13.0. The van der Waals surface area contributed by atoms with E-state index < -0.39 is 0 Å². The monoisotopic (exact) mass is 520 g/mol. The van der Waals surface area contributed by atoms with Crippen LogP contribution in [0.3, 0.4) is 0 Å². The molecule has 3 aromatic carbocycles. The van der Waals surface area contributed by atoms with Crippen LogP contribution < -0.4 is 0 Å². The molecule has 0 unspecified atom stereocenters. The van der Waals surface area contributed by atoms with Gasteiger partial charge in [0.1, 0.15) is 5.69 Å². The molecule has 0 amide bonds. The highest BCUT2D eigenvalue weighted by Gasteiger charge is 2.21. The van der Waals surface area contributed by atoms with Crippen LogP contribution >= 0.6 is 55.1 Å². The molecule has 2 nitrogen and oxygen atoms in total. The van der Waals surface area contributed by atoms with E-state index in [-0.39, 0.29) is 0 Å². The molecule has 0 bridgehead atoms. The Morgan fingerprint density at radius 3 is 1.85 bits per heavy atom. The maximum Gasteiger partial charge on any atom is 0.112 e. The largest absolute Gasteiger partial charge is 0.229 e. The smallest absolute Gasteiger partial charge is 0.112 e. The molecule has 1 aromatic heterocycles. The Morgan fingerprint density at radius 1 is 0.704 bits per heavy atom. The van der Waals surface area contributed by atoms with E-state index in [4.69, 9.17) is 28.3 Å². The molecule has 0 saturated carbocycles. The van der Waals surface area contributed by atoms with Crippen molar-refractivity contribution in [1.29, 1.82) is 0 Å². The van der Waals surface area contributed by atoms with Gasteiger partial charge in [-0.15, -0.1) is 0 Å². The van der Waals surface area contributed by atoms with Crippen molar-refractivity contribution in [1.82, 2.24) is 9.78 Å². The molecular formula is C21H12Br2Cl2N2. The number of hydrogen-bond acceptors (Lipinski definition) is 1. The van der Waals surface area contributed by atoms with Gasteiger partial charge >= 0.3 is 0 Å². The van der Waals surface area contributed by atoms with E-state index in [1.54, 1.807) is 0 Å². The van der Waals surface area contributed by atoms with E-state index in [9.17, 15) is 0 Å². The average molecular weight is 523 g/mol. The van der Waals surface area contributed by atoms with E-state index in [1.165, 1.54) is 0 Å². The fourth-order valence-electron chi connectivity index (χ4n) is 2.85. The van der Waals surface area contributed by atoms with Crippen LogP contribution in [0.25, 0.3) is 28.2 Å². The third-order valence-electron chi connectivity index (χ3n) is 4.14. The zero-order valence-corrected chi connectivity index (χ0v) is 18.5. The lowest BCUT2D eigenvalue weighted by Crippen LogP contribution is -2.00. The summed E-state index contributed by atoms with van der Waals surface area (Å²) < 4.78 is 3.81. The molecule has 4 rings (SSSR count). The minimum Gasteiger partial charge on any atom is -0.229 e. The quantitative estimate of drug-likeness (QED) is 0.266. The lowest BCUT2D eigenvalue weighted by Gasteiger charge is -2.09. The number of halogens is 4. The summed E-state index contributed by atoms with van der Waals surface area (Å²) in [7, 11) is 0. The summed E-state index contributed by atoms with van der Waals surface area (Å²) in [4.78, 5) is 0. The van der Waals surface area contributed by atoms with E-state index in [0.717, 1.165) is 31.5 Å². The van der Waals surface area contributed by atoms with Crippen molar-refractivity contribution in [2.45, 2.75) is 0 Å². The summed E-state index contributed by atoms with van der Waals surface area (Å²) in [5, 5.41) is 6.00. The molecule has 0 aliphatic rings. The van der Waals surface area contributed by atoms with Crippen LogP contribution in [-0.4, -0.2) is 9.78 Å². The van der Waals surface area contributed by atoms with Crippen molar-refractivity contribution in [3.05, 3.63) is 91.8 Å². The van der Waals surface area contributed by atoms with Gasteiger partial charge in [0.15, 0.2) is 0 Å². The second kappa shape index (κ2) is 7.80. The van der Waals surface area contributed by atoms with Crippen LogP contribution in [0.5, 0.6) is 0 Å². The maximum atomic E-state index is 6.83. The SMILES string of the molecule is Clc1ccccc1-n1nc(-c2ccc(Br)cc2)c(Cl)c1-c1ccc(Br)cc1. The Bertz CT molecular complexity index is 1100. The Morgan fingerprint density at radius 2 is 1.26 bits per heavy atom. The van der Waals surface area contributed by atoms with Gasteiger partial charge in [0.25, 0.3) is 0 Å². The van der Waals surface area contributed by atoms with E-state index in [1.807, 2.05) is 77.5 Å². The van der Waals surface area contributed by atoms with Gasteiger partial charge in [0.2, 0.25) is 0 Å². The first kappa shape index (κ1) is 18.8. The first-order valence-electron chi connectivity index (χ1n) is 8.10. The molecule has 27 heavy (non-hydrogen) atoms. The van der Waals surface area contributed by atoms with Crippen LogP contribution in [0.2, 0.25) is 10.0 Å². The lowest BCUT2D eigenvalue weighted by atomic mass is 10.1. The van der Waals surface area contributed by atoms with Gasteiger partial charge in [-0.2, -0.15) is 5.10 Å². The second-order valence-corrected chi connectivity index (χ2v) is 8.50. The zero-order valence-electron chi connectivity index (χ0n) is 13.8. The van der Waals surface area contributed by atoms with Gasteiger partial charge in [-0.05, 0) is 36.4 Å². The Kier molecular flexibility index (Phi) is 5.42. The Balaban J connectivity index is 1.99. The number of para-hydroxylation sites is 1. The molecule has 0 atom stereocenters. The normalized spacial score (nSPS) is 11.0. The Hall–Kier alpha value is -1.59. The molecule has 4 aromatic rings. The fraction of sp³-hybridized carbons (Fsp3) is 0. The van der Waals surface area contributed by atoms with Gasteiger partial charge in [0, 0.05) is 20.1 Å². The molecule has 0 radical (unpaired) electrons. The third-order valence-corrected chi connectivity index (χ3v) is 5.88. The van der Waals surface area contributed by atoms with Crippen LogP contribution in [-0.2, 0) is 0 Å². The predicted octanol–water partition coefficient (Wildman–Crippen LogP) is 8.04. The zero-order chi connectivity index (χ0) is 19.0. The van der Waals surface area contributed by atoms with E-state index in [0.29, 0.717) is 15.7 Å². The summed E-state index contributed by atoms with van der Waals surface area (Å²) in [6, 6.07) is 23.5. The first-order valence-corrected chi connectivity index (χ1v) is 10.4. The number of hydrogen-bond donors (Lipinski definition) is 0. The van der Waals surface area contributed by atoms with Gasteiger partial charge in [0.05, 0.1) is 21.4 Å². The van der Waals surface area contributed by atoms with E-state index in [2.05, 4.69) is 31.9 Å². The summed E-state index contributed by atoms with van der Waals surface area (Å²) in [5.41, 5.74) is 4.19. The van der Waals surface area contributed by atoms with Crippen molar-refractivity contribution in [2.24, 2.45) is 0 Å². The van der Waals surface area contributed by atoms with Gasteiger partial charge in [-0.3, -0.25) is 0 Å². The molecule has 0 fully saturated rings. The average Bonchev–Trinajstić information content (AvgIpc) is 3.00. The number of nitrogens with zero attached hydrogens (tertiary/aromatic N) is 2. The Labute approximate surface area is 184 Å². The van der Waals surface area contributed by atoms with Crippen LogP contribution in [0, 0.1) is 0 Å². The molecule has 1 heterocycles. The van der Waals surface area contributed by atoms with Crippen molar-refractivity contribution in [3.8, 4) is 28.2 Å². The molecular weight excluding hydrogens is 511 g/mol. The number of benzene rings is 3. The highest BCUT2D eigenvalue weighted by Crippen LogP contribution is 2.39. The van der Waals surface area contributed by atoms with Crippen molar-refractivity contribution in [3.63, 3.8) is 0 Å². The lowest BCUT2D eigenvalue weighted by molar-refractivity contribution is 0.892. The van der Waals surface area contributed by atoms with Crippen LogP contribution in [0.1, 0.15) is 0 Å². The highest BCUT2D eigenvalue weighted by molar-refractivity contribution is 9.10. The number of rotatable bonds is 3. The minimum absolute atomic E-state index is 0.583. The number of aromatic nitrogens is 2. The van der Waals surface area contributed by atoms with Gasteiger partial charge < -0.3 is 0 Å². The van der Waals surface area contributed by atoms with Crippen molar-refractivity contribution < 1.29 is 0 Å². The molecule has 134 valence electrons. The van der Waals surface area contributed by atoms with Gasteiger partial charge in [-0.25, -0.2) is 4.68 Å². The molecule has 0 N–H and O–H groups in total. The topological polar surface area (TPSA) is 17.8 Å². The molecule has 0 spiro atoms. The predicted molar refractivity (Wildman–Crippen MR) is 120 cm³/mol. The van der Waals surface area contributed by atoms with Crippen molar-refractivity contribution >= 4 is 55.1 Å². The summed E-state index contributed by atoms with van der Waals surface area (Å²) in [6.45, 7) is 0. The highest BCUT2D eigenvalue weighted by atomic mass is 79.9. The van der Waals surface area contributed by atoms with E-state index >= 15 is 0 Å². The molecule has 0 aliphatic carbocycles. The summed E-state index contributed by atoms with van der Waals surface area (Å²) in [6.07, 6.45) is 0. The maximum absolute atomic E-state index is 6.83. The summed E-state index contributed by atoms with van der Waals surface area (Å²) >= 11 is 20.2. The van der Waals surface area contributed by atoms with Crippen LogP contribution in [0.15, 0.2) is 81.7 Å².